The molecule has 5 rings (SSSR count). The number of aromatic nitrogens is 3. The van der Waals surface area contributed by atoms with Gasteiger partial charge in [0.1, 0.15) is 5.82 Å². The minimum atomic E-state index is 0.362. The van der Waals surface area contributed by atoms with Crippen molar-refractivity contribution in [1.29, 1.82) is 0 Å². The monoisotopic (exact) mass is 416 g/mol. The standard InChI is InChI=1S/C25H25ClN4/c1-16(2)25-27-13-18-14-30(12-11-22(18)29-25)15-21-20-5-3-4-6-23(20)28-24(21)17-7-9-19(26)10-8-17/h3-10,13,16,28H,11-12,14-15H2,1-2H3. The Morgan fingerprint density at radius 3 is 2.70 bits per heavy atom. The summed E-state index contributed by atoms with van der Waals surface area (Å²) < 4.78 is 0. The molecule has 1 aliphatic rings. The average molecular weight is 417 g/mol. The lowest BCUT2D eigenvalue weighted by atomic mass is 10.0. The Kier molecular flexibility index (Phi) is 5.05. The van der Waals surface area contributed by atoms with Crippen molar-refractivity contribution in [2.45, 2.75) is 39.3 Å². The highest BCUT2D eigenvalue weighted by molar-refractivity contribution is 6.30. The third-order valence-electron chi connectivity index (χ3n) is 5.88. The van der Waals surface area contributed by atoms with Crippen LogP contribution in [0.5, 0.6) is 0 Å². The summed E-state index contributed by atoms with van der Waals surface area (Å²) in [7, 11) is 0. The van der Waals surface area contributed by atoms with Crippen molar-refractivity contribution in [3.05, 3.63) is 82.4 Å². The molecule has 0 fully saturated rings. The Hall–Kier alpha value is -2.69. The van der Waals surface area contributed by atoms with Gasteiger partial charge in [0, 0.05) is 65.4 Å². The van der Waals surface area contributed by atoms with Crippen LogP contribution in [0.3, 0.4) is 0 Å². The molecule has 0 aliphatic carbocycles. The predicted octanol–water partition coefficient (Wildman–Crippen LogP) is 5.96. The maximum Gasteiger partial charge on any atom is 0.131 e. The molecule has 30 heavy (non-hydrogen) atoms. The molecule has 4 aromatic rings. The van der Waals surface area contributed by atoms with E-state index in [1.807, 2.05) is 18.3 Å². The van der Waals surface area contributed by atoms with Crippen LogP contribution < -0.4 is 0 Å². The molecule has 0 saturated heterocycles. The van der Waals surface area contributed by atoms with Crippen LogP contribution in [0.15, 0.2) is 54.7 Å². The second-order valence-corrected chi connectivity index (χ2v) is 8.78. The van der Waals surface area contributed by atoms with E-state index in [4.69, 9.17) is 16.6 Å². The number of fused-ring (bicyclic) bond motifs is 2. The van der Waals surface area contributed by atoms with Crippen LogP contribution in [0.2, 0.25) is 5.02 Å². The molecule has 0 unspecified atom stereocenters. The normalized spacial score (nSPS) is 14.4. The Bertz CT molecular complexity index is 1190. The number of hydrogen-bond donors (Lipinski definition) is 1. The summed E-state index contributed by atoms with van der Waals surface area (Å²) >= 11 is 6.12. The molecule has 1 aliphatic heterocycles. The number of benzene rings is 2. The van der Waals surface area contributed by atoms with E-state index in [-0.39, 0.29) is 0 Å². The lowest BCUT2D eigenvalue weighted by Gasteiger charge is -2.28. The fraction of sp³-hybridized carbons (Fsp3) is 0.280. The molecule has 2 aromatic heterocycles. The number of rotatable bonds is 4. The van der Waals surface area contributed by atoms with Gasteiger partial charge in [-0.1, -0.05) is 55.8 Å². The first kappa shape index (κ1) is 19.3. The van der Waals surface area contributed by atoms with Crippen LogP contribution in [-0.4, -0.2) is 26.4 Å². The summed E-state index contributed by atoms with van der Waals surface area (Å²) in [6, 6.07) is 16.6. The highest BCUT2D eigenvalue weighted by atomic mass is 35.5. The molecule has 0 atom stereocenters. The Morgan fingerprint density at radius 1 is 1.10 bits per heavy atom. The summed E-state index contributed by atoms with van der Waals surface area (Å²) in [4.78, 5) is 15.5. The zero-order valence-corrected chi connectivity index (χ0v) is 18.1. The molecule has 4 nitrogen and oxygen atoms in total. The SMILES string of the molecule is CC(C)c1ncc2c(n1)CCN(Cc1c(-c3ccc(Cl)cc3)[nH]c3ccccc13)C2. The first-order chi connectivity index (χ1) is 14.6. The third kappa shape index (κ3) is 3.62. The van der Waals surface area contributed by atoms with Crippen molar-refractivity contribution in [3.63, 3.8) is 0 Å². The van der Waals surface area contributed by atoms with E-state index in [9.17, 15) is 0 Å². The summed E-state index contributed by atoms with van der Waals surface area (Å²) in [6.07, 6.45) is 3.00. The van der Waals surface area contributed by atoms with Gasteiger partial charge in [0.25, 0.3) is 0 Å². The number of para-hydroxylation sites is 1. The number of hydrogen-bond acceptors (Lipinski definition) is 3. The van der Waals surface area contributed by atoms with Crippen LogP contribution in [-0.2, 0) is 19.5 Å². The number of H-pyrrole nitrogens is 1. The Balaban J connectivity index is 1.48. The maximum absolute atomic E-state index is 6.12. The van der Waals surface area contributed by atoms with E-state index < -0.39 is 0 Å². The van der Waals surface area contributed by atoms with Gasteiger partial charge >= 0.3 is 0 Å². The molecule has 0 amide bonds. The average Bonchev–Trinajstić information content (AvgIpc) is 3.12. The van der Waals surface area contributed by atoms with Crippen molar-refractivity contribution < 1.29 is 0 Å². The van der Waals surface area contributed by atoms with Crippen molar-refractivity contribution >= 4 is 22.5 Å². The van der Waals surface area contributed by atoms with Gasteiger partial charge in [-0.25, -0.2) is 9.97 Å². The van der Waals surface area contributed by atoms with Gasteiger partial charge in [0.15, 0.2) is 0 Å². The first-order valence-corrected chi connectivity index (χ1v) is 10.9. The van der Waals surface area contributed by atoms with Crippen LogP contribution in [0.1, 0.15) is 42.4 Å². The van der Waals surface area contributed by atoms with Gasteiger partial charge in [-0.3, -0.25) is 4.90 Å². The van der Waals surface area contributed by atoms with Gasteiger partial charge in [0.2, 0.25) is 0 Å². The Morgan fingerprint density at radius 2 is 1.90 bits per heavy atom. The fourth-order valence-corrected chi connectivity index (χ4v) is 4.38. The molecule has 152 valence electrons. The van der Waals surface area contributed by atoms with Gasteiger partial charge in [0.05, 0.1) is 5.69 Å². The van der Waals surface area contributed by atoms with E-state index in [0.717, 1.165) is 42.5 Å². The molecular formula is C25H25ClN4. The van der Waals surface area contributed by atoms with Gasteiger partial charge in [-0.05, 0) is 29.3 Å². The highest BCUT2D eigenvalue weighted by Gasteiger charge is 2.22. The quantitative estimate of drug-likeness (QED) is 0.446. The number of aromatic amines is 1. The predicted molar refractivity (Wildman–Crippen MR) is 123 cm³/mol. The number of halogens is 1. The molecule has 0 saturated carbocycles. The number of nitrogens with zero attached hydrogens (tertiary/aromatic N) is 3. The smallest absolute Gasteiger partial charge is 0.131 e. The molecule has 3 heterocycles. The summed E-state index contributed by atoms with van der Waals surface area (Å²) in [5.74, 6) is 1.31. The fourth-order valence-electron chi connectivity index (χ4n) is 4.25. The minimum absolute atomic E-state index is 0.362. The highest BCUT2D eigenvalue weighted by Crippen LogP contribution is 2.33. The van der Waals surface area contributed by atoms with E-state index in [2.05, 4.69) is 65.1 Å². The van der Waals surface area contributed by atoms with Gasteiger partial charge in [-0.2, -0.15) is 0 Å². The largest absolute Gasteiger partial charge is 0.354 e. The van der Waals surface area contributed by atoms with E-state index in [0.29, 0.717) is 5.92 Å². The molecule has 2 aromatic carbocycles. The summed E-state index contributed by atoms with van der Waals surface area (Å²) in [6.45, 7) is 7.06. The van der Waals surface area contributed by atoms with Gasteiger partial charge < -0.3 is 4.98 Å². The van der Waals surface area contributed by atoms with Crippen LogP contribution >= 0.6 is 11.6 Å². The van der Waals surface area contributed by atoms with Crippen molar-refractivity contribution in [1.82, 2.24) is 19.9 Å². The van der Waals surface area contributed by atoms with Gasteiger partial charge in [-0.15, -0.1) is 0 Å². The van der Waals surface area contributed by atoms with Crippen LogP contribution in [0, 0.1) is 0 Å². The first-order valence-electron chi connectivity index (χ1n) is 10.5. The molecule has 0 bridgehead atoms. The summed E-state index contributed by atoms with van der Waals surface area (Å²) in [5, 5.41) is 2.03. The second-order valence-electron chi connectivity index (χ2n) is 8.35. The summed E-state index contributed by atoms with van der Waals surface area (Å²) in [5.41, 5.74) is 7.29. The third-order valence-corrected chi connectivity index (χ3v) is 6.13. The van der Waals surface area contributed by atoms with Crippen molar-refractivity contribution in [3.8, 4) is 11.3 Å². The van der Waals surface area contributed by atoms with E-state index >= 15 is 0 Å². The van der Waals surface area contributed by atoms with E-state index in [1.54, 1.807) is 0 Å². The zero-order valence-electron chi connectivity index (χ0n) is 17.3. The topological polar surface area (TPSA) is 44.8 Å². The minimum Gasteiger partial charge on any atom is -0.354 e. The molecule has 5 heteroatoms. The number of nitrogens with one attached hydrogen (secondary N) is 1. The second kappa shape index (κ2) is 7.86. The lowest BCUT2D eigenvalue weighted by Crippen LogP contribution is -2.31. The molecule has 0 radical (unpaired) electrons. The molecule has 0 spiro atoms. The molecule has 1 N–H and O–H groups in total. The zero-order chi connectivity index (χ0) is 20.7. The van der Waals surface area contributed by atoms with Crippen LogP contribution in [0.4, 0.5) is 0 Å². The van der Waals surface area contributed by atoms with Crippen LogP contribution in [0.25, 0.3) is 22.2 Å². The van der Waals surface area contributed by atoms with E-state index in [1.165, 1.54) is 33.4 Å². The van der Waals surface area contributed by atoms with Crippen molar-refractivity contribution in [2.24, 2.45) is 0 Å². The Labute approximate surface area is 181 Å². The van der Waals surface area contributed by atoms with Crippen molar-refractivity contribution in [2.75, 3.05) is 6.54 Å². The lowest BCUT2D eigenvalue weighted by molar-refractivity contribution is 0.243. The molecular weight excluding hydrogens is 392 g/mol. The maximum atomic E-state index is 6.12.